The Morgan fingerprint density at radius 2 is 2.05 bits per heavy atom. The van der Waals surface area contributed by atoms with Gasteiger partial charge in [0.2, 0.25) is 0 Å². The van der Waals surface area contributed by atoms with Crippen molar-refractivity contribution in [3.05, 3.63) is 0 Å². The fraction of sp³-hybridized carbons (Fsp3) is 0.769. The Bertz CT molecular complexity index is 385. The molecule has 1 amide bonds. The summed E-state index contributed by atoms with van der Waals surface area (Å²) >= 11 is 0. The van der Waals surface area contributed by atoms with Crippen LogP contribution in [0.2, 0.25) is 0 Å². The zero-order chi connectivity index (χ0) is 14.6. The van der Waals surface area contributed by atoms with Crippen molar-refractivity contribution in [2.24, 2.45) is 4.99 Å². The van der Waals surface area contributed by atoms with E-state index in [0.29, 0.717) is 18.9 Å². The molecule has 6 heteroatoms. The van der Waals surface area contributed by atoms with E-state index in [0.717, 1.165) is 0 Å². The molecule has 0 bridgehead atoms. The van der Waals surface area contributed by atoms with Crippen molar-refractivity contribution in [1.29, 1.82) is 0 Å². The third kappa shape index (κ3) is 5.28. The molecule has 0 aliphatic carbocycles. The van der Waals surface area contributed by atoms with Crippen LogP contribution in [0.25, 0.3) is 0 Å². The summed E-state index contributed by atoms with van der Waals surface area (Å²) in [6.07, 6.45) is -0.246. The van der Waals surface area contributed by atoms with Gasteiger partial charge in [-0.15, -0.1) is 0 Å². The average molecular weight is 270 g/mol. The summed E-state index contributed by atoms with van der Waals surface area (Å²) in [6, 6.07) is -0.420. The molecule has 0 spiro atoms. The Morgan fingerprint density at radius 3 is 2.53 bits per heavy atom. The van der Waals surface area contributed by atoms with Crippen molar-refractivity contribution in [3.63, 3.8) is 0 Å². The lowest BCUT2D eigenvalue weighted by Crippen LogP contribution is -2.33. The maximum atomic E-state index is 11.4. The second kappa shape index (κ2) is 6.04. The van der Waals surface area contributed by atoms with E-state index in [1.807, 2.05) is 6.92 Å². The number of carbonyl (C=O) groups is 2. The van der Waals surface area contributed by atoms with Gasteiger partial charge in [-0.05, 0) is 34.6 Å². The van der Waals surface area contributed by atoms with Crippen LogP contribution in [-0.2, 0) is 14.3 Å². The molecule has 1 heterocycles. The maximum Gasteiger partial charge on any atom is 0.407 e. The minimum atomic E-state index is -0.514. The number of Topliss-reactive ketones (excluding diaryl/α,β-unsaturated/α-hetero) is 1. The number of nitrogens with one attached hydrogen (secondary N) is 1. The van der Waals surface area contributed by atoms with Crippen LogP contribution in [0, 0.1) is 0 Å². The van der Waals surface area contributed by atoms with E-state index in [9.17, 15) is 9.59 Å². The number of hydrogen-bond acceptors (Lipinski definition) is 5. The third-order valence-electron chi connectivity index (χ3n) is 2.47. The van der Waals surface area contributed by atoms with E-state index in [1.54, 1.807) is 20.8 Å². The number of rotatable bonds is 4. The Morgan fingerprint density at radius 1 is 1.42 bits per heavy atom. The Hall–Kier alpha value is -1.59. The summed E-state index contributed by atoms with van der Waals surface area (Å²) in [4.78, 5) is 26.9. The number of ketones is 1. The number of ether oxygens (including phenoxy) is 2. The highest BCUT2D eigenvalue weighted by atomic mass is 16.6. The fourth-order valence-corrected chi connectivity index (χ4v) is 1.70. The third-order valence-corrected chi connectivity index (χ3v) is 2.47. The largest absolute Gasteiger partial charge is 0.475 e. The number of alkyl carbamates (subject to hydrolysis) is 1. The minimum absolute atomic E-state index is 0.0115. The van der Waals surface area contributed by atoms with Gasteiger partial charge < -0.3 is 14.8 Å². The van der Waals surface area contributed by atoms with Crippen LogP contribution in [0.4, 0.5) is 4.79 Å². The lowest BCUT2D eigenvalue weighted by Gasteiger charge is -2.19. The lowest BCUT2D eigenvalue weighted by atomic mass is 10.1. The first-order valence-corrected chi connectivity index (χ1v) is 6.39. The van der Waals surface area contributed by atoms with Gasteiger partial charge in [0.1, 0.15) is 17.7 Å². The van der Waals surface area contributed by atoms with Crippen LogP contribution in [0.3, 0.4) is 0 Å². The summed E-state index contributed by atoms with van der Waals surface area (Å²) in [5, 5.41) is 2.62. The van der Waals surface area contributed by atoms with Crippen molar-refractivity contribution >= 4 is 17.8 Å². The fourth-order valence-electron chi connectivity index (χ4n) is 1.70. The van der Waals surface area contributed by atoms with Gasteiger partial charge in [0.15, 0.2) is 11.7 Å². The van der Waals surface area contributed by atoms with Gasteiger partial charge in [0.05, 0.1) is 0 Å². The highest BCUT2D eigenvalue weighted by Gasteiger charge is 2.30. The second-order valence-electron chi connectivity index (χ2n) is 5.58. The monoisotopic (exact) mass is 270 g/mol. The molecule has 108 valence electrons. The lowest BCUT2D eigenvalue weighted by molar-refractivity contribution is -0.119. The summed E-state index contributed by atoms with van der Waals surface area (Å²) in [7, 11) is 0. The van der Waals surface area contributed by atoms with Crippen molar-refractivity contribution in [1.82, 2.24) is 5.32 Å². The topological polar surface area (TPSA) is 77.0 Å². The number of aliphatic imine (C=N–C) groups is 1. The highest BCUT2D eigenvalue weighted by molar-refractivity contribution is 5.89. The first kappa shape index (κ1) is 15.5. The number of amides is 1. The predicted molar refractivity (Wildman–Crippen MR) is 71.3 cm³/mol. The van der Waals surface area contributed by atoms with Crippen LogP contribution in [0.1, 0.15) is 41.0 Å². The van der Waals surface area contributed by atoms with Gasteiger partial charge in [-0.1, -0.05) is 0 Å². The number of nitrogens with zero attached hydrogens (tertiary/aromatic N) is 1. The summed E-state index contributed by atoms with van der Waals surface area (Å²) in [6.45, 7) is 9.08. The number of carbonyl (C=O) groups excluding carboxylic acids is 2. The molecule has 1 aliphatic heterocycles. The molecule has 1 rings (SSSR count). The summed E-state index contributed by atoms with van der Waals surface area (Å²) < 4.78 is 10.6. The molecule has 0 aromatic rings. The second-order valence-corrected chi connectivity index (χ2v) is 5.58. The van der Waals surface area contributed by atoms with Gasteiger partial charge in [-0.2, -0.15) is 0 Å². The molecule has 19 heavy (non-hydrogen) atoms. The van der Waals surface area contributed by atoms with E-state index in [1.165, 1.54) is 6.92 Å². The first-order valence-electron chi connectivity index (χ1n) is 6.39. The van der Waals surface area contributed by atoms with E-state index in [-0.39, 0.29) is 11.9 Å². The average Bonchev–Trinajstić information content (AvgIpc) is 2.57. The van der Waals surface area contributed by atoms with Crippen LogP contribution in [-0.4, -0.2) is 42.1 Å². The first-order chi connectivity index (χ1) is 8.69. The summed E-state index contributed by atoms with van der Waals surface area (Å²) in [5.74, 6) is 0.492. The number of hydrogen-bond donors (Lipinski definition) is 1. The van der Waals surface area contributed by atoms with E-state index < -0.39 is 17.7 Å². The van der Waals surface area contributed by atoms with Crippen molar-refractivity contribution in [2.45, 2.75) is 58.8 Å². The molecule has 0 aromatic carbocycles. The van der Waals surface area contributed by atoms with Crippen LogP contribution >= 0.6 is 0 Å². The van der Waals surface area contributed by atoms with Gasteiger partial charge in [-0.25, -0.2) is 9.79 Å². The van der Waals surface area contributed by atoms with Crippen molar-refractivity contribution < 1.29 is 19.1 Å². The molecule has 6 nitrogen and oxygen atoms in total. The molecular formula is C13H22N2O4. The van der Waals surface area contributed by atoms with Gasteiger partial charge in [0.25, 0.3) is 0 Å². The minimum Gasteiger partial charge on any atom is -0.475 e. The Balaban J connectivity index is 2.33. The van der Waals surface area contributed by atoms with Gasteiger partial charge >= 0.3 is 6.09 Å². The zero-order valence-corrected chi connectivity index (χ0v) is 12.1. The predicted octanol–water partition coefficient (Wildman–Crippen LogP) is 1.68. The Labute approximate surface area is 113 Å². The van der Waals surface area contributed by atoms with Crippen LogP contribution < -0.4 is 5.32 Å². The molecule has 0 saturated heterocycles. The van der Waals surface area contributed by atoms with Crippen LogP contribution in [0.5, 0.6) is 0 Å². The van der Waals surface area contributed by atoms with Gasteiger partial charge in [0, 0.05) is 13.0 Å². The molecule has 2 atom stereocenters. The molecule has 1 aliphatic rings. The van der Waals surface area contributed by atoms with Crippen LogP contribution in [0.15, 0.2) is 4.99 Å². The molecule has 0 aromatic heterocycles. The van der Waals surface area contributed by atoms with Gasteiger partial charge in [-0.3, -0.25) is 4.79 Å². The van der Waals surface area contributed by atoms with E-state index in [2.05, 4.69) is 10.3 Å². The Kier molecular flexibility index (Phi) is 4.91. The normalized spacial score (nSPS) is 22.5. The summed E-state index contributed by atoms with van der Waals surface area (Å²) in [5.41, 5.74) is -0.514. The molecule has 0 fully saturated rings. The molecule has 1 N–H and O–H groups in total. The SMILES string of the molecule is CC(=O)C1N=C(CCNC(=O)OC(C)(C)C)OC1C. The maximum absolute atomic E-state index is 11.4. The van der Waals surface area contributed by atoms with Crippen molar-refractivity contribution in [2.75, 3.05) is 6.54 Å². The molecule has 2 unspecified atom stereocenters. The smallest absolute Gasteiger partial charge is 0.407 e. The van der Waals surface area contributed by atoms with E-state index >= 15 is 0 Å². The molecular weight excluding hydrogens is 248 g/mol. The standard InChI is InChI=1S/C13H22N2O4/c1-8(16)11-9(2)18-10(15-11)6-7-14-12(17)19-13(3,4)5/h9,11H,6-7H2,1-5H3,(H,14,17). The highest BCUT2D eigenvalue weighted by Crippen LogP contribution is 2.15. The quantitative estimate of drug-likeness (QED) is 0.843. The zero-order valence-electron chi connectivity index (χ0n) is 12.1. The van der Waals surface area contributed by atoms with Crippen molar-refractivity contribution in [3.8, 4) is 0 Å². The molecule has 0 radical (unpaired) electrons. The van der Waals surface area contributed by atoms with E-state index in [4.69, 9.17) is 9.47 Å². The molecule has 0 saturated carbocycles.